The van der Waals surface area contributed by atoms with Gasteiger partial charge in [-0.2, -0.15) is 0 Å². The molecule has 1 aromatic heterocycles. The van der Waals surface area contributed by atoms with E-state index in [9.17, 15) is 4.79 Å². The molecule has 88 valence electrons. The van der Waals surface area contributed by atoms with E-state index in [1.165, 1.54) is 13.4 Å². The Balaban J connectivity index is 2.11. The van der Waals surface area contributed by atoms with Crippen molar-refractivity contribution in [1.29, 1.82) is 0 Å². The average molecular weight is 231 g/mol. The van der Waals surface area contributed by atoms with Crippen LogP contribution in [0, 0.1) is 0 Å². The lowest BCUT2D eigenvalue weighted by Gasteiger charge is -2.07. The Labute approximate surface area is 98.8 Å². The molecule has 0 aliphatic carbocycles. The number of hydrogen-bond acceptors (Lipinski definition) is 5. The van der Waals surface area contributed by atoms with Gasteiger partial charge in [-0.15, -0.1) is 0 Å². The van der Waals surface area contributed by atoms with Gasteiger partial charge in [0.05, 0.1) is 19.0 Å². The number of nitrogens with zero attached hydrogens (tertiary/aromatic N) is 2. The fourth-order valence-corrected chi connectivity index (χ4v) is 1.53. The van der Waals surface area contributed by atoms with Crippen molar-refractivity contribution < 1.29 is 9.53 Å². The zero-order chi connectivity index (χ0) is 12.1. The van der Waals surface area contributed by atoms with Crippen molar-refractivity contribution in [3.05, 3.63) is 30.6 Å². The molecule has 0 bridgehead atoms. The summed E-state index contributed by atoms with van der Waals surface area (Å²) >= 11 is 0. The normalized spacial score (nSPS) is 10.2. The first kappa shape index (κ1) is 11.3. The van der Waals surface area contributed by atoms with Crippen molar-refractivity contribution in [2.24, 2.45) is 0 Å². The number of ether oxygens (including phenoxy) is 1. The van der Waals surface area contributed by atoms with Gasteiger partial charge in [0.15, 0.2) is 0 Å². The molecule has 0 spiro atoms. The fraction of sp³-hybridized carbons (Fsp3) is 0.250. The molecule has 0 amide bonds. The Morgan fingerprint density at radius 2 is 2.18 bits per heavy atom. The van der Waals surface area contributed by atoms with E-state index in [1.54, 1.807) is 0 Å². The smallest absolute Gasteiger partial charge is 0.307 e. The molecule has 0 fully saturated rings. The highest BCUT2D eigenvalue weighted by atomic mass is 16.5. The van der Waals surface area contributed by atoms with Crippen LogP contribution in [0.15, 0.2) is 30.6 Å². The lowest BCUT2D eigenvalue weighted by atomic mass is 10.2. The molecule has 0 atom stereocenters. The van der Waals surface area contributed by atoms with Crippen LogP contribution >= 0.6 is 0 Å². The SMILES string of the molecule is COC(=O)CCNc1ncnc2ccccc12. The van der Waals surface area contributed by atoms with E-state index in [0.29, 0.717) is 13.0 Å². The summed E-state index contributed by atoms with van der Waals surface area (Å²) in [6.45, 7) is 0.494. The number of hydrogen-bond donors (Lipinski definition) is 1. The second-order valence-corrected chi connectivity index (χ2v) is 3.49. The number of benzene rings is 1. The number of carbonyl (C=O) groups excluding carboxylic acids is 1. The molecule has 0 radical (unpaired) electrons. The summed E-state index contributed by atoms with van der Waals surface area (Å²) in [5.74, 6) is 0.496. The maximum atomic E-state index is 11.0. The summed E-state index contributed by atoms with van der Waals surface area (Å²) < 4.78 is 4.56. The number of para-hydroxylation sites is 1. The molecule has 2 rings (SSSR count). The van der Waals surface area contributed by atoms with Gasteiger partial charge in [-0.1, -0.05) is 12.1 Å². The van der Waals surface area contributed by atoms with E-state index in [-0.39, 0.29) is 5.97 Å². The molecule has 0 saturated heterocycles. The van der Waals surface area contributed by atoms with E-state index in [0.717, 1.165) is 16.7 Å². The minimum absolute atomic E-state index is 0.240. The largest absolute Gasteiger partial charge is 0.469 e. The van der Waals surface area contributed by atoms with E-state index in [4.69, 9.17) is 0 Å². The van der Waals surface area contributed by atoms with Crippen LogP contribution in [0.4, 0.5) is 5.82 Å². The first-order valence-electron chi connectivity index (χ1n) is 5.31. The summed E-state index contributed by atoms with van der Waals surface area (Å²) in [7, 11) is 1.38. The second kappa shape index (κ2) is 5.25. The predicted octanol–water partition coefficient (Wildman–Crippen LogP) is 1.60. The molecule has 2 aromatic rings. The van der Waals surface area contributed by atoms with Gasteiger partial charge in [-0.25, -0.2) is 9.97 Å². The molecule has 1 N–H and O–H groups in total. The number of anilines is 1. The highest BCUT2D eigenvalue weighted by Crippen LogP contribution is 2.17. The van der Waals surface area contributed by atoms with Gasteiger partial charge < -0.3 is 10.1 Å². The Hall–Kier alpha value is -2.17. The summed E-state index contributed by atoms with van der Waals surface area (Å²) in [4.78, 5) is 19.3. The van der Waals surface area contributed by atoms with E-state index in [1.807, 2.05) is 24.3 Å². The first-order chi connectivity index (χ1) is 8.31. The lowest BCUT2D eigenvalue weighted by molar-refractivity contribution is -0.140. The molecule has 0 saturated carbocycles. The van der Waals surface area contributed by atoms with Crippen LogP contribution < -0.4 is 5.32 Å². The van der Waals surface area contributed by atoms with Crippen molar-refractivity contribution in [2.75, 3.05) is 19.0 Å². The van der Waals surface area contributed by atoms with Crippen LogP contribution in [-0.4, -0.2) is 29.6 Å². The van der Waals surface area contributed by atoms with Crippen LogP contribution in [0.3, 0.4) is 0 Å². The van der Waals surface area contributed by atoms with Gasteiger partial charge in [-0.3, -0.25) is 4.79 Å². The maximum Gasteiger partial charge on any atom is 0.307 e. The summed E-state index contributed by atoms with van der Waals surface area (Å²) in [5.41, 5.74) is 0.878. The minimum Gasteiger partial charge on any atom is -0.469 e. The Kier molecular flexibility index (Phi) is 3.49. The van der Waals surface area contributed by atoms with Gasteiger partial charge in [-0.05, 0) is 12.1 Å². The highest BCUT2D eigenvalue weighted by Gasteiger charge is 2.03. The number of carbonyl (C=O) groups is 1. The maximum absolute atomic E-state index is 11.0. The van der Waals surface area contributed by atoms with Crippen LogP contribution in [0.2, 0.25) is 0 Å². The zero-order valence-corrected chi connectivity index (χ0v) is 9.51. The van der Waals surface area contributed by atoms with Crippen LogP contribution in [0.1, 0.15) is 6.42 Å². The van der Waals surface area contributed by atoms with Crippen molar-refractivity contribution in [3.8, 4) is 0 Å². The molecule has 0 unspecified atom stereocenters. The van der Waals surface area contributed by atoms with Crippen LogP contribution in [-0.2, 0) is 9.53 Å². The van der Waals surface area contributed by atoms with Gasteiger partial charge in [0.25, 0.3) is 0 Å². The number of methoxy groups -OCH3 is 1. The van der Waals surface area contributed by atoms with Crippen LogP contribution in [0.25, 0.3) is 10.9 Å². The number of nitrogens with one attached hydrogen (secondary N) is 1. The minimum atomic E-state index is -0.240. The molecule has 5 heteroatoms. The van der Waals surface area contributed by atoms with Crippen LogP contribution in [0.5, 0.6) is 0 Å². The highest BCUT2D eigenvalue weighted by molar-refractivity contribution is 5.88. The molecule has 5 nitrogen and oxygen atoms in total. The molecule has 0 aliphatic rings. The molecular formula is C12H13N3O2. The predicted molar refractivity (Wildman–Crippen MR) is 64.7 cm³/mol. The Morgan fingerprint density at radius 1 is 1.35 bits per heavy atom. The Bertz CT molecular complexity index is 523. The third-order valence-electron chi connectivity index (χ3n) is 2.39. The standard InChI is InChI=1S/C12H13N3O2/c1-17-11(16)6-7-13-12-9-4-2-3-5-10(9)14-8-15-12/h2-5,8H,6-7H2,1H3,(H,13,14,15). The molecule has 1 aromatic carbocycles. The second-order valence-electron chi connectivity index (χ2n) is 3.49. The fourth-order valence-electron chi connectivity index (χ4n) is 1.53. The molecule has 17 heavy (non-hydrogen) atoms. The molecule has 0 aliphatic heterocycles. The quantitative estimate of drug-likeness (QED) is 0.810. The van der Waals surface area contributed by atoms with Gasteiger partial charge in [0, 0.05) is 11.9 Å². The monoisotopic (exact) mass is 231 g/mol. The van der Waals surface area contributed by atoms with Crippen molar-refractivity contribution >= 4 is 22.7 Å². The average Bonchev–Trinajstić information content (AvgIpc) is 2.39. The lowest BCUT2D eigenvalue weighted by Crippen LogP contribution is -2.10. The number of fused-ring (bicyclic) bond motifs is 1. The van der Waals surface area contributed by atoms with Gasteiger partial charge in [0.2, 0.25) is 0 Å². The van der Waals surface area contributed by atoms with Gasteiger partial charge in [0.1, 0.15) is 12.1 Å². The summed E-state index contributed by atoms with van der Waals surface area (Å²) in [6.07, 6.45) is 1.82. The molecule has 1 heterocycles. The third-order valence-corrected chi connectivity index (χ3v) is 2.39. The number of rotatable bonds is 4. The van der Waals surface area contributed by atoms with E-state index >= 15 is 0 Å². The number of esters is 1. The van der Waals surface area contributed by atoms with E-state index < -0.39 is 0 Å². The Morgan fingerprint density at radius 3 is 3.00 bits per heavy atom. The number of aromatic nitrogens is 2. The van der Waals surface area contributed by atoms with E-state index in [2.05, 4.69) is 20.0 Å². The van der Waals surface area contributed by atoms with Crippen molar-refractivity contribution in [2.45, 2.75) is 6.42 Å². The van der Waals surface area contributed by atoms with Crippen molar-refractivity contribution in [3.63, 3.8) is 0 Å². The third kappa shape index (κ3) is 2.69. The summed E-state index contributed by atoms with van der Waals surface area (Å²) in [5, 5.41) is 4.05. The topological polar surface area (TPSA) is 64.1 Å². The summed E-state index contributed by atoms with van der Waals surface area (Å²) in [6, 6.07) is 7.71. The zero-order valence-electron chi connectivity index (χ0n) is 9.51. The van der Waals surface area contributed by atoms with Crippen molar-refractivity contribution in [1.82, 2.24) is 9.97 Å². The first-order valence-corrected chi connectivity index (χ1v) is 5.31. The van der Waals surface area contributed by atoms with Gasteiger partial charge >= 0.3 is 5.97 Å². The molecular weight excluding hydrogens is 218 g/mol.